The van der Waals surface area contributed by atoms with Gasteiger partial charge in [0.1, 0.15) is 0 Å². The number of hydrogen-bond acceptors (Lipinski definition) is 4. The zero-order valence-electron chi connectivity index (χ0n) is 16.3. The molecule has 2 amide bonds. The number of halogens is 1. The minimum Gasteiger partial charge on any atom is -0.503 e. The monoisotopic (exact) mass is 463 g/mol. The van der Waals surface area contributed by atoms with Gasteiger partial charge in [-0.15, -0.1) is 0 Å². The standard InChI is InChI=1S/C24H18BrNO4/c1-14-6-5-7-16(10-14)26-23(28)18-9-4-3-8-17(18)19(24(26)29)11-15-12-20(25)22(27)21(13-15)30-2/h3-13,27H,1-2H3. The van der Waals surface area contributed by atoms with Gasteiger partial charge in [0, 0.05) is 11.1 Å². The summed E-state index contributed by atoms with van der Waals surface area (Å²) in [5.41, 5.74) is 3.52. The minimum atomic E-state index is -0.410. The van der Waals surface area contributed by atoms with Crippen molar-refractivity contribution in [2.45, 2.75) is 6.92 Å². The lowest BCUT2D eigenvalue weighted by Crippen LogP contribution is -2.41. The second kappa shape index (κ2) is 7.80. The molecule has 30 heavy (non-hydrogen) atoms. The Morgan fingerprint density at radius 1 is 0.967 bits per heavy atom. The summed E-state index contributed by atoms with van der Waals surface area (Å²) in [5.74, 6) is -0.513. The van der Waals surface area contributed by atoms with Gasteiger partial charge in [-0.2, -0.15) is 0 Å². The highest BCUT2D eigenvalue weighted by Gasteiger charge is 2.35. The summed E-state index contributed by atoms with van der Waals surface area (Å²) in [7, 11) is 1.46. The molecule has 0 unspecified atom stereocenters. The molecule has 0 spiro atoms. The molecule has 1 N–H and O–H groups in total. The summed E-state index contributed by atoms with van der Waals surface area (Å²) < 4.78 is 5.66. The first-order valence-corrected chi connectivity index (χ1v) is 10.0. The Morgan fingerprint density at radius 3 is 2.40 bits per heavy atom. The van der Waals surface area contributed by atoms with Gasteiger partial charge in [-0.25, -0.2) is 4.90 Å². The van der Waals surface area contributed by atoms with Gasteiger partial charge in [-0.1, -0.05) is 30.3 Å². The number of aromatic hydroxyl groups is 1. The first-order valence-electron chi connectivity index (χ1n) is 9.23. The topological polar surface area (TPSA) is 66.8 Å². The number of anilines is 1. The van der Waals surface area contributed by atoms with Crippen LogP contribution in [0.2, 0.25) is 0 Å². The summed E-state index contributed by atoms with van der Waals surface area (Å²) in [5, 5.41) is 10.1. The number of hydrogen-bond donors (Lipinski definition) is 1. The molecule has 0 fully saturated rings. The smallest absolute Gasteiger partial charge is 0.265 e. The Morgan fingerprint density at radius 2 is 1.70 bits per heavy atom. The third kappa shape index (κ3) is 3.39. The minimum absolute atomic E-state index is 0.0217. The largest absolute Gasteiger partial charge is 0.503 e. The number of carbonyl (C=O) groups excluding carboxylic acids is 2. The Balaban J connectivity index is 1.92. The van der Waals surface area contributed by atoms with Crippen LogP contribution in [-0.2, 0) is 4.79 Å². The molecular weight excluding hydrogens is 446 g/mol. The van der Waals surface area contributed by atoms with Crippen molar-refractivity contribution in [3.63, 3.8) is 0 Å². The third-order valence-electron chi connectivity index (χ3n) is 4.93. The van der Waals surface area contributed by atoms with Crippen molar-refractivity contribution >= 4 is 45.1 Å². The predicted octanol–water partition coefficient (Wildman–Crippen LogP) is 5.20. The van der Waals surface area contributed by atoms with E-state index >= 15 is 0 Å². The highest BCUT2D eigenvalue weighted by atomic mass is 79.9. The maximum absolute atomic E-state index is 13.5. The number of carbonyl (C=O) groups is 2. The van der Waals surface area contributed by atoms with Gasteiger partial charge in [0.25, 0.3) is 11.8 Å². The Bertz CT molecular complexity index is 1220. The molecule has 0 atom stereocenters. The summed E-state index contributed by atoms with van der Waals surface area (Å²) in [6, 6.07) is 17.7. The van der Waals surface area contributed by atoms with E-state index in [1.807, 2.05) is 25.1 Å². The highest BCUT2D eigenvalue weighted by molar-refractivity contribution is 9.10. The van der Waals surface area contributed by atoms with Gasteiger partial charge in [0.05, 0.1) is 17.3 Å². The Labute approximate surface area is 182 Å². The van der Waals surface area contributed by atoms with Gasteiger partial charge >= 0.3 is 0 Å². The molecule has 3 aromatic carbocycles. The molecule has 4 rings (SSSR count). The Hall–Kier alpha value is -3.38. The number of imide groups is 1. The molecule has 0 aliphatic carbocycles. The van der Waals surface area contributed by atoms with E-state index in [9.17, 15) is 14.7 Å². The zero-order chi connectivity index (χ0) is 21.4. The second-order valence-electron chi connectivity index (χ2n) is 6.94. The van der Waals surface area contributed by atoms with Gasteiger partial charge < -0.3 is 9.84 Å². The summed E-state index contributed by atoms with van der Waals surface area (Å²) in [6.45, 7) is 1.91. The number of ether oxygens (including phenoxy) is 1. The average Bonchev–Trinajstić information content (AvgIpc) is 2.73. The van der Waals surface area contributed by atoms with Gasteiger partial charge in [0.2, 0.25) is 0 Å². The zero-order valence-corrected chi connectivity index (χ0v) is 17.9. The molecule has 0 saturated carbocycles. The number of methoxy groups -OCH3 is 1. The number of rotatable bonds is 3. The number of phenols is 1. The van der Waals surface area contributed by atoms with E-state index in [4.69, 9.17) is 4.74 Å². The van der Waals surface area contributed by atoms with Crippen molar-refractivity contribution in [2.24, 2.45) is 0 Å². The average molecular weight is 464 g/mol. The van der Waals surface area contributed by atoms with Crippen LogP contribution in [0.1, 0.15) is 27.0 Å². The molecule has 6 heteroatoms. The molecule has 1 aliphatic heterocycles. The molecule has 1 aliphatic rings. The fraction of sp³-hybridized carbons (Fsp3) is 0.0833. The normalized spacial score (nSPS) is 14.8. The van der Waals surface area contributed by atoms with E-state index in [0.29, 0.717) is 32.4 Å². The SMILES string of the molecule is COc1cc(C=C2C(=O)N(c3cccc(C)c3)C(=O)c3ccccc32)cc(Br)c1O. The first kappa shape index (κ1) is 19.9. The van der Waals surface area contributed by atoms with Crippen LogP contribution in [0, 0.1) is 6.92 Å². The van der Waals surface area contributed by atoms with Crippen LogP contribution in [0.4, 0.5) is 5.69 Å². The molecular formula is C24H18BrNO4. The molecule has 150 valence electrons. The van der Waals surface area contributed by atoms with E-state index < -0.39 is 5.91 Å². The Kier molecular flexibility index (Phi) is 5.18. The predicted molar refractivity (Wildman–Crippen MR) is 120 cm³/mol. The number of amides is 2. The van der Waals surface area contributed by atoms with E-state index in [1.165, 1.54) is 12.0 Å². The van der Waals surface area contributed by atoms with E-state index in [1.54, 1.807) is 48.5 Å². The molecule has 0 saturated heterocycles. The van der Waals surface area contributed by atoms with Gasteiger partial charge in [-0.3, -0.25) is 9.59 Å². The maximum Gasteiger partial charge on any atom is 0.265 e. The summed E-state index contributed by atoms with van der Waals surface area (Å²) >= 11 is 3.31. The fourth-order valence-electron chi connectivity index (χ4n) is 3.49. The highest BCUT2D eigenvalue weighted by Crippen LogP contribution is 2.38. The van der Waals surface area contributed by atoms with Crippen LogP contribution in [0.15, 0.2) is 65.1 Å². The van der Waals surface area contributed by atoms with Crippen LogP contribution in [0.25, 0.3) is 11.6 Å². The van der Waals surface area contributed by atoms with Crippen molar-refractivity contribution in [1.82, 2.24) is 0 Å². The van der Waals surface area contributed by atoms with E-state index in [0.717, 1.165) is 5.56 Å². The van der Waals surface area contributed by atoms with Crippen molar-refractivity contribution in [1.29, 1.82) is 0 Å². The van der Waals surface area contributed by atoms with Crippen molar-refractivity contribution in [3.05, 3.63) is 87.4 Å². The quantitative estimate of drug-likeness (QED) is 0.428. The second-order valence-corrected chi connectivity index (χ2v) is 7.80. The number of nitrogens with zero attached hydrogens (tertiary/aromatic N) is 1. The fourth-order valence-corrected chi connectivity index (χ4v) is 3.95. The van der Waals surface area contributed by atoms with Crippen molar-refractivity contribution in [2.75, 3.05) is 12.0 Å². The number of benzene rings is 3. The number of fused-ring (bicyclic) bond motifs is 1. The molecule has 3 aromatic rings. The lowest BCUT2D eigenvalue weighted by atomic mass is 9.91. The molecule has 0 bridgehead atoms. The van der Waals surface area contributed by atoms with E-state index in [2.05, 4.69) is 15.9 Å². The lowest BCUT2D eigenvalue weighted by molar-refractivity contribution is -0.112. The van der Waals surface area contributed by atoms with Crippen LogP contribution < -0.4 is 9.64 Å². The van der Waals surface area contributed by atoms with Gasteiger partial charge in [-0.05, 0) is 76.0 Å². The molecule has 0 radical (unpaired) electrons. The van der Waals surface area contributed by atoms with Crippen molar-refractivity contribution in [3.8, 4) is 11.5 Å². The van der Waals surface area contributed by atoms with Crippen molar-refractivity contribution < 1.29 is 19.4 Å². The first-order chi connectivity index (χ1) is 14.4. The number of phenolic OH excluding ortho intramolecular Hbond substituents is 1. The van der Waals surface area contributed by atoms with E-state index in [-0.39, 0.29) is 17.4 Å². The summed E-state index contributed by atoms with van der Waals surface area (Å²) in [6.07, 6.45) is 1.70. The third-order valence-corrected chi connectivity index (χ3v) is 5.53. The lowest BCUT2D eigenvalue weighted by Gasteiger charge is -2.29. The van der Waals surface area contributed by atoms with Crippen LogP contribution >= 0.6 is 15.9 Å². The van der Waals surface area contributed by atoms with Crippen LogP contribution in [0.5, 0.6) is 11.5 Å². The molecule has 0 aromatic heterocycles. The maximum atomic E-state index is 13.5. The molecule has 5 nitrogen and oxygen atoms in total. The number of aryl methyl sites for hydroxylation is 1. The molecule has 1 heterocycles. The van der Waals surface area contributed by atoms with Crippen LogP contribution in [0.3, 0.4) is 0 Å². The van der Waals surface area contributed by atoms with Gasteiger partial charge in [0.15, 0.2) is 11.5 Å². The summed E-state index contributed by atoms with van der Waals surface area (Å²) in [4.78, 5) is 27.8. The van der Waals surface area contributed by atoms with Crippen LogP contribution in [-0.4, -0.2) is 24.0 Å².